The van der Waals surface area contributed by atoms with Gasteiger partial charge in [-0.1, -0.05) is 25.3 Å². The van der Waals surface area contributed by atoms with E-state index in [4.69, 9.17) is 4.74 Å². The number of sulfone groups is 1. The number of anilines is 1. The van der Waals surface area contributed by atoms with E-state index in [2.05, 4.69) is 51.7 Å². The van der Waals surface area contributed by atoms with Crippen LogP contribution in [0.3, 0.4) is 0 Å². The molecule has 0 aliphatic carbocycles. The molecule has 2 rings (SSSR count). The van der Waals surface area contributed by atoms with Crippen molar-refractivity contribution < 1.29 is 13.2 Å². The average molecular weight is 438 g/mol. The minimum absolute atomic E-state index is 0.239. The van der Waals surface area contributed by atoms with Crippen molar-refractivity contribution in [2.45, 2.75) is 110 Å². The van der Waals surface area contributed by atoms with Crippen molar-refractivity contribution in [3.8, 4) is 0 Å². The number of hydrogen-bond donors (Lipinski definition) is 0. The highest BCUT2D eigenvalue weighted by molar-refractivity contribution is 7.91. The minimum atomic E-state index is -2.88. The molecule has 0 saturated carbocycles. The standard InChI is InChI=1S/C25H43NO3S/c1-18(2)30(27,28)14-12-10-8-9-11-13-24-15-20(4)25(16-19(24)3)26-17-21(5)29-23(7)22(26)6/h15-16,18,21-23H,8-14,17H2,1-7H3/t21-,22?,23+/m0/s1. The van der Waals surface area contributed by atoms with Crippen molar-refractivity contribution in [3.63, 3.8) is 0 Å². The molecule has 172 valence electrons. The van der Waals surface area contributed by atoms with Crippen molar-refractivity contribution in [2.75, 3.05) is 17.2 Å². The molecular weight excluding hydrogens is 394 g/mol. The monoisotopic (exact) mass is 437 g/mol. The Labute approximate surface area is 185 Å². The summed E-state index contributed by atoms with van der Waals surface area (Å²) in [6, 6.07) is 5.12. The van der Waals surface area contributed by atoms with Gasteiger partial charge in [0, 0.05) is 12.2 Å². The fraction of sp³-hybridized carbons (Fsp3) is 0.760. The zero-order valence-electron chi connectivity index (χ0n) is 20.2. The third-order valence-corrected chi connectivity index (χ3v) is 8.92. The van der Waals surface area contributed by atoms with Gasteiger partial charge in [0.1, 0.15) is 0 Å². The number of benzene rings is 1. The first-order valence-electron chi connectivity index (χ1n) is 11.8. The van der Waals surface area contributed by atoms with E-state index in [1.807, 2.05) is 0 Å². The fourth-order valence-electron chi connectivity index (χ4n) is 4.36. The molecule has 0 N–H and O–H groups in total. The molecule has 0 radical (unpaired) electrons. The molecule has 0 aromatic heterocycles. The Hall–Kier alpha value is -1.07. The third kappa shape index (κ3) is 6.71. The fourth-order valence-corrected chi connectivity index (χ4v) is 5.44. The van der Waals surface area contributed by atoms with E-state index < -0.39 is 9.84 Å². The first-order valence-corrected chi connectivity index (χ1v) is 13.5. The topological polar surface area (TPSA) is 46.6 Å². The van der Waals surface area contributed by atoms with Crippen LogP contribution in [0.2, 0.25) is 0 Å². The van der Waals surface area contributed by atoms with Gasteiger partial charge in [0.05, 0.1) is 29.3 Å². The maximum Gasteiger partial charge on any atom is 0.152 e. The van der Waals surface area contributed by atoms with E-state index in [9.17, 15) is 8.42 Å². The molecule has 3 atom stereocenters. The molecule has 1 aliphatic heterocycles. The van der Waals surface area contributed by atoms with E-state index in [1.165, 1.54) is 28.8 Å². The second-order valence-corrected chi connectivity index (χ2v) is 12.2. The predicted octanol–water partition coefficient (Wildman–Crippen LogP) is 5.62. The molecule has 1 unspecified atom stereocenters. The van der Waals surface area contributed by atoms with Crippen LogP contribution in [-0.4, -0.2) is 44.2 Å². The molecule has 1 heterocycles. The van der Waals surface area contributed by atoms with Gasteiger partial charge < -0.3 is 9.64 Å². The zero-order chi connectivity index (χ0) is 22.5. The van der Waals surface area contributed by atoms with Crippen LogP contribution in [0.15, 0.2) is 12.1 Å². The lowest BCUT2D eigenvalue weighted by atomic mass is 9.96. The number of unbranched alkanes of at least 4 members (excludes halogenated alkanes) is 4. The Balaban J connectivity index is 1.85. The minimum Gasteiger partial charge on any atom is -0.372 e. The highest BCUT2D eigenvalue weighted by Gasteiger charge is 2.30. The summed E-state index contributed by atoms with van der Waals surface area (Å²) in [4.78, 5) is 2.51. The Morgan fingerprint density at radius 3 is 2.30 bits per heavy atom. The quantitative estimate of drug-likeness (QED) is 0.446. The maximum atomic E-state index is 11.9. The van der Waals surface area contributed by atoms with Crippen LogP contribution in [0.4, 0.5) is 5.69 Å². The molecule has 1 aromatic rings. The van der Waals surface area contributed by atoms with E-state index in [-0.39, 0.29) is 17.5 Å². The van der Waals surface area contributed by atoms with Crippen LogP contribution >= 0.6 is 0 Å². The number of rotatable bonds is 10. The van der Waals surface area contributed by atoms with E-state index in [1.54, 1.807) is 13.8 Å². The van der Waals surface area contributed by atoms with Crippen LogP contribution in [0.1, 0.15) is 83.4 Å². The van der Waals surface area contributed by atoms with Crippen molar-refractivity contribution in [3.05, 3.63) is 28.8 Å². The van der Waals surface area contributed by atoms with Crippen molar-refractivity contribution in [2.24, 2.45) is 0 Å². The Bertz CT molecular complexity index is 788. The average Bonchev–Trinajstić information content (AvgIpc) is 2.66. The lowest BCUT2D eigenvalue weighted by Gasteiger charge is -2.43. The molecule has 0 bridgehead atoms. The van der Waals surface area contributed by atoms with Gasteiger partial charge in [-0.3, -0.25) is 0 Å². The molecular formula is C25H43NO3S. The third-order valence-electron chi connectivity index (χ3n) is 6.63. The van der Waals surface area contributed by atoms with Crippen LogP contribution in [0.25, 0.3) is 0 Å². The van der Waals surface area contributed by atoms with E-state index >= 15 is 0 Å². The van der Waals surface area contributed by atoms with E-state index in [0.717, 1.165) is 38.6 Å². The van der Waals surface area contributed by atoms with Gasteiger partial charge in [0.25, 0.3) is 0 Å². The molecule has 1 aromatic carbocycles. The number of nitrogens with zero attached hydrogens (tertiary/aromatic N) is 1. The molecule has 0 spiro atoms. The molecule has 30 heavy (non-hydrogen) atoms. The highest BCUT2D eigenvalue weighted by atomic mass is 32.2. The number of ether oxygens (including phenoxy) is 1. The summed E-state index contributed by atoms with van der Waals surface area (Å²) in [6.45, 7) is 15.5. The van der Waals surface area contributed by atoms with Crippen LogP contribution < -0.4 is 4.90 Å². The van der Waals surface area contributed by atoms with Gasteiger partial charge in [0.2, 0.25) is 0 Å². The van der Waals surface area contributed by atoms with Gasteiger partial charge in [0.15, 0.2) is 9.84 Å². The van der Waals surface area contributed by atoms with Gasteiger partial charge in [-0.2, -0.15) is 0 Å². The van der Waals surface area contributed by atoms with Gasteiger partial charge in [-0.05, 0) is 90.5 Å². The first-order chi connectivity index (χ1) is 14.0. The summed E-state index contributed by atoms with van der Waals surface area (Å²) in [5.74, 6) is 0.335. The normalized spacial score (nSPS) is 22.7. The highest BCUT2D eigenvalue weighted by Crippen LogP contribution is 2.31. The van der Waals surface area contributed by atoms with Crippen molar-refractivity contribution >= 4 is 15.5 Å². The zero-order valence-corrected chi connectivity index (χ0v) is 21.0. The van der Waals surface area contributed by atoms with Gasteiger partial charge >= 0.3 is 0 Å². The van der Waals surface area contributed by atoms with Crippen LogP contribution in [0, 0.1) is 13.8 Å². The first kappa shape index (κ1) is 25.2. The van der Waals surface area contributed by atoms with Gasteiger partial charge in [-0.15, -0.1) is 0 Å². The largest absolute Gasteiger partial charge is 0.372 e. The Morgan fingerprint density at radius 1 is 1.00 bits per heavy atom. The number of morpholine rings is 1. The lowest BCUT2D eigenvalue weighted by molar-refractivity contribution is -0.0258. The summed E-state index contributed by atoms with van der Waals surface area (Å²) < 4.78 is 29.7. The number of hydrogen-bond acceptors (Lipinski definition) is 4. The van der Waals surface area contributed by atoms with Gasteiger partial charge in [-0.25, -0.2) is 8.42 Å². The SMILES string of the molecule is Cc1cc(N2C[C@H](C)O[C@H](C)C2C)c(C)cc1CCCCCCCS(=O)(=O)C(C)C. The maximum absolute atomic E-state index is 11.9. The molecule has 0 amide bonds. The van der Waals surface area contributed by atoms with Crippen LogP contribution in [-0.2, 0) is 21.0 Å². The second kappa shape index (κ2) is 11.0. The summed E-state index contributed by atoms with van der Waals surface area (Å²) in [5.41, 5.74) is 5.51. The Kier molecular flexibility index (Phi) is 9.23. The second-order valence-electron chi connectivity index (χ2n) is 9.54. The lowest BCUT2D eigenvalue weighted by Crippen LogP contribution is -2.52. The van der Waals surface area contributed by atoms with Crippen LogP contribution in [0.5, 0.6) is 0 Å². The smallest absolute Gasteiger partial charge is 0.152 e. The molecule has 1 fully saturated rings. The predicted molar refractivity (Wildman–Crippen MR) is 128 cm³/mol. The summed E-state index contributed by atoms with van der Waals surface area (Å²) in [6.07, 6.45) is 6.84. The van der Waals surface area contributed by atoms with E-state index in [0.29, 0.717) is 11.8 Å². The van der Waals surface area contributed by atoms with Crippen molar-refractivity contribution in [1.29, 1.82) is 0 Å². The molecule has 1 aliphatic rings. The summed E-state index contributed by atoms with van der Waals surface area (Å²) in [7, 11) is -2.88. The van der Waals surface area contributed by atoms with Crippen molar-refractivity contribution in [1.82, 2.24) is 0 Å². The summed E-state index contributed by atoms with van der Waals surface area (Å²) >= 11 is 0. The molecule has 5 heteroatoms. The Morgan fingerprint density at radius 2 is 1.63 bits per heavy atom. The molecule has 4 nitrogen and oxygen atoms in total. The molecule has 1 saturated heterocycles. The number of aryl methyl sites for hydroxylation is 3. The summed E-state index contributed by atoms with van der Waals surface area (Å²) in [5, 5.41) is -0.251.